The lowest BCUT2D eigenvalue weighted by Gasteiger charge is -2.09. The predicted molar refractivity (Wildman–Crippen MR) is 114 cm³/mol. The van der Waals surface area contributed by atoms with E-state index < -0.39 is 11.7 Å². The van der Waals surface area contributed by atoms with Crippen molar-refractivity contribution < 1.29 is 22.7 Å². The van der Waals surface area contributed by atoms with Gasteiger partial charge in [0.15, 0.2) is 0 Å². The molecule has 1 heterocycles. The van der Waals surface area contributed by atoms with Crippen LogP contribution in [0.4, 0.5) is 13.2 Å². The third-order valence-corrected chi connectivity index (χ3v) is 4.64. The summed E-state index contributed by atoms with van der Waals surface area (Å²) < 4.78 is 46.3. The second-order valence-corrected chi connectivity index (χ2v) is 6.81. The first kappa shape index (κ1) is 22.9. The zero-order valence-electron chi connectivity index (χ0n) is 17.6. The molecule has 0 aliphatic carbocycles. The van der Waals surface area contributed by atoms with Crippen molar-refractivity contribution in [1.82, 2.24) is 14.3 Å². The van der Waals surface area contributed by atoms with Crippen LogP contribution in [0.15, 0.2) is 64.6 Å². The van der Waals surface area contributed by atoms with Crippen LogP contribution in [-0.2, 0) is 24.7 Å². The van der Waals surface area contributed by atoms with Gasteiger partial charge < -0.3 is 9.57 Å². The maximum atomic E-state index is 12.9. The highest BCUT2D eigenvalue weighted by molar-refractivity contribution is 5.83. The largest absolute Gasteiger partial charge is 0.467 e. The van der Waals surface area contributed by atoms with Crippen LogP contribution < -0.4 is 10.4 Å². The highest BCUT2D eigenvalue weighted by Gasteiger charge is 2.30. The molecule has 1 aromatic heterocycles. The summed E-state index contributed by atoms with van der Waals surface area (Å²) in [5.74, 6) is 0. The van der Waals surface area contributed by atoms with Gasteiger partial charge in [0.1, 0.15) is 6.61 Å². The Morgan fingerprint density at radius 1 is 1.19 bits per heavy atom. The smallest absolute Gasteiger partial charge is 0.416 e. The second kappa shape index (κ2) is 9.54. The van der Waals surface area contributed by atoms with Crippen LogP contribution in [0.3, 0.4) is 0 Å². The van der Waals surface area contributed by atoms with Gasteiger partial charge in [-0.25, -0.2) is 14.0 Å². The molecule has 0 spiro atoms. The molecule has 32 heavy (non-hydrogen) atoms. The lowest BCUT2D eigenvalue weighted by atomic mass is 10.0. The Balaban J connectivity index is 1.73. The first-order chi connectivity index (χ1) is 15.2. The van der Waals surface area contributed by atoms with Crippen LogP contribution in [0.5, 0.6) is 6.01 Å². The quantitative estimate of drug-likeness (QED) is 0.403. The minimum absolute atomic E-state index is 0.0492. The van der Waals surface area contributed by atoms with Crippen molar-refractivity contribution in [3.05, 3.63) is 81.8 Å². The summed E-state index contributed by atoms with van der Waals surface area (Å²) in [6.45, 7) is 1.73. The zero-order valence-corrected chi connectivity index (χ0v) is 17.6. The van der Waals surface area contributed by atoms with Gasteiger partial charge in [-0.2, -0.15) is 13.2 Å². The van der Waals surface area contributed by atoms with Crippen LogP contribution in [0.1, 0.15) is 23.6 Å². The number of methoxy groups -OCH3 is 1. The van der Waals surface area contributed by atoms with Gasteiger partial charge in [0.2, 0.25) is 0 Å². The molecule has 0 fully saturated rings. The molecule has 0 atom stereocenters. The molecule has 0 bridgehead atoms. The van der Waals surface area contributed by atoms with E-state index >= 15 is 0 Å². The maximum Gasteiger partial charge on any atom is 0.416 e. The van der Waals surface area contributed by atoms with Gasteiger partial charge in [-0.3, -0.25) is 0 Å². The average molecular weight is 446 g/mol. The van der Waals surface area contributed by atoms with E-state index in [1.54, 1.807) is 43.3 Å². The number of nitrogens with zero attached hydrogens (tertiary/aromatic N) is 4. The van der Waals surface area contributed by atoms with Gasteiger partial charge in [0.05, 0.1) is 24.6 Å². The standard InChI is InChI=1S/C22H21F3N4O3/c1-15(16-8-6-9-18(13-16)22(23,24)25)11-12-26-32-14-17-7-4-5-10-19(17)29-20(31-3)27-28(2)21(29)30/h4-13H,14H2,1-3H3/b15-11+,26-12+. The van der Waals surface area contributed by atoms with Crippen molar-refractivity contribution >= 4 is 11.8 Å². The Morgan fingerprint density at radius 2 is 1.94 bits per heavy atom. The molecule has 0 aliphatic rings. The van der Waals surface area contributed by atoms with Gasteiger partial charge in [-0.05, 0) is 42.3 Å². The van der Waals surface area contributed by atoms with E-state index in [-0.39, 0.29) is 18.3 Å². The minimum Gasteiger partial charge on any atom is -0.467 e. The van der Waals surface area contributed by atoms with Crippen LogP contribution in [0, 0.1) is 0 Å². The number of alkyl halides is 3. The molecule has 0 unspecified atom stereocenters. The number of halogens is 3. The fraction of sp³-hybridized carbons (Fsp3) is 0.227. The molecule has 0 N–H and O–H groups in total. The van der Waals surface area contributed by atoms with Crippen LogP contribution in [0.2, 0.25) is 0 Å². The van der Waals surface area contributed by atoms with Crippen molar-refractivity contribution in [2.75, 3.05) is 7.11 Å². The molecule has 3 rings (SSSR count). The molecule has 0 radical (unpaired) electrons. The van der Waals surface area contributed by atoms with E-state index in [2.05, 4.69) is 10.3 Å². The SMILES string of the molecule is COc1nn(C)c(=O)n1-c1ccccc1CO/N=C/C=C(\C)c1cccc(C(F)(F)F)c1. The van der Waals surface area contributed by atoms with Crippen molar-refractivity contribution in [2.24, 2.45) is 12.2 Å². The first-order valence-corrected chi connectivity index (χ1v) is 9.50. The molecule has 7 nitrogen and oxygen atoms in total. The molecule has 3 aromatic rings. The molecule has 10 heteroatoms. The number of hydrogen-bond acceptors (Lipinski definition) is 5. The zero-order chi connectivity index (χ0) is 23.3. The summed E-state index contributed by atoms with van der Waals surface area (Å²) in [4.78, 5) is 17.7. The highest BCUT2D eigenvalue weighted by Crippen LogP contribution is 2.30. The minimum atomic E-state index is -4.40. The highest BCUT2D eigenvalue weighted by atomic mass is 19.4. The summed E-state index contributed by atoms with van der Waals surface area (Å²) in [7, 11) is 2.94. The number of aryl methyl sites for hydroxylation is 1. The molecular weight excluding hydrogens is 425 g/mol. The van der Waals surface area contributed by atoms with Crippen molar-refractivity contribution in [2.45, 2.75) is 19.7 Å². The predicted octanol–water partition coefficient (Wildman–Crippen LogP) is 4.20. The second-order valence-electron chi connectivity index (χ2n) is 6.81. The van der Waals surface area contributed by atoms with Gasteiger partial charge >= 0.3 is 17.9 Å². The van der Waals surface area contributed by atoms with Gasteiger partial charge in [-0.1, -0.05) is 35.5 Å². The van der Waals surface area contributed by atoms with Crippen molar-refractivity contribution in [3.8, 4) is 11.7 Å². The topological polar surface area (TPSA) is 70.6 Å². The number of benzene rings is 2. The van der Waals surface area contributed by atoms with Gasteiger partial charge in [0.25, 0.3) is 0 Å². The molecule has 0 aliphatic heterocycles. The fourth-order valence-corrected chi connectivity index (χ4v) is 2.96. The Bertz CT molecular complexity index is 1210. The summed E-state index contributed by atoms with van der Waals surface area (Å²) in [5.41, 5.74) is 1.13. The number of rotatable bonds is 7. The van der Waals surface area contributed by atoms with Gasteiger partial charge in [0, 0.05) is 12.6 Å². The van der Waals surface area contributed by atoms with Crippen LogP contribution in [0.25, 0.3) is 11.3 Å². The van der Waals surface area contributed by atoms with Crippen LogP contribution in [-0.4, -0.2) is 27.7 Å². The number of para-hydroxylation sites is 1. The number of hydrogen-bond donors (Lipinski definition) is 0. The molecule has 0 saturated carbocycles. The summed E-state index contributed by atoms with van der Waals surface area (Å²) in [5, 5.41) is 7.87. The molecule has 0 amide bonds. The van der Waals surface area contributed by atoms with E-state index in [0.717, 1.165) is 16.8 Å². The van der Waals surface area contributed by atoms with E-state index in [9.17, 15) is 18.0 Å². The Hall–Kier alpha value is -3.82. The fourth-order valence-electron chi connectivity index (χ4n) is 2.96. The Morgan fingerprint density at radius 3 is 2.66 bits per heavy atom. The molecule has 2 aromatic carbocycles. The number of aromatic nitrogens is 3. The third-order valence-electron chi connectivity index (χ3n) is 4.64. The molecular formula is C22H21F3N4O3. The summed E-state index contributed by atoms with van der Waals surface area (Å²) in [6, 6.07) is 12.2. The lowest BCUT2D eigenvalue weighted by molar-refractivity contribution is -0.137. The number of ether oxygens (including phenoxy) is 1. The first-order valence-electron chi connectivity index (χ1n) is 9.50. The Labute approximate surface area is 182 Å². The van der Waals surface area contributed by atoms with Crippen molar-refractivity contribution in [3.63, 3.8) is 0 Å². The maximum absolute atomic E-state index is 12.9. The van der Waals surface area contributed by atoms with E-state index in [1.165, 1.54) is 31.0 Å². The molecule has 168 valence electrons. The van der Waals surface area contributed by atoms with Crippen molar-refractivity contribution in [1.29, 1.82) is 0 Å². The van der Waals surface area contributed by atoms with Gasteiger partial charge in [-0.15, -0.1) is 5.10 Å². The normalized spacial score (nSPS) is 12.4. The number of oxime groups is 1. The van der Waals surface area contributed by atoms with E-state index in [1.807, 2.05) is 0 Å². The Kier molecular flexibility index (Phi) is 6.82. The molecule has 0 saturated heterocycles. The summed E-state index contributed by atoms with van der Waals surface area (Å²) in [6.07, 6.45) is -1.50. The summed E-state index contributed by atoms with van der Waals surface area (Å²) >= 11 is 0. The number of allylic oxidation sites excluding steroid dienone is 2. The monoisotopic (exact) mass is 446 g/mol. The lowest BCUT2D eigenvalue weighted by Crippen LogP contribution is -2.22. The van der Waals surface area contributed by atoms with E-state index in [4.69, 9.17) is 9.57 Å². The average Bonchev–Trinajstić information content (AvgIpc) is 3.06. The van der Waals surface area contributed by atoms with Crippen LogP contribution >= 0.6 is 0 Å². The third kappa shape index (κ3) is 5.08. The van der Waals surface area contributed by atoms with E-state index in [0.29, 0.717) is 22.4 Å².